The second-order valence-electron chi connectivity index (χ2n) is 8.14. The molecule has 10 heteroatoms. The molecular formula is C23H52N4O5S. The van der Waals surface area contributed by atoms with E-state index in [2.05, 4.69) is 29.0 Å². The first-order chi connectivity index (χ1) is 14.9. The Balaban J connectivity index is -0.00000116. The molecule has 0 aromatic carbocycles. The fraction of sp³-hybridized carbons (Fsp3) is 0.870. The molecule has 0 aliphatic carbocycles. The summed E-state index contributed by atoms with van der Waals surface area (Å²) in [6.07, 6.45) is 24.9. The van der Waals surface area contributed by atoms with Gasteiger partial charge in [-0.1, -0.05) is 76.9 Å². The molecule has 0 atom stereocenters. The highest BCUT2D eigenvalue weighted by Crippen LogP contribution is 2.13. The average Bonchev–Trinajstić information content (AvgIpc) is 3.14. The van der Waals surface area contributed by atoms with E-state index >= 15 is 0 Å². The number of β-amino-alcohol motifs (C(OH)–C–C–N with tert-alkyl or cyclic N) is 1. The molecule has 1 rings (SSSR count). The summed E-state index contributed by atoms with van der Waals surface area (Å²) in [4.78, 5) is 6.81. The van der Waals surface area contributed by atoms with Gasteiger partial charge in [0.15, 0.2) is 0 Å². The van der Waals surface area contributed by atoms with Gasteiger partial charge in [0.05, 0.1) is 19.0 Å². The summed E-state index contributed by atoms with van der Waals surface area (Å²) in [5.41, 5.74) is 0. The van der Waals surface area contributed by atoms with Gasteiger partial charge in [-0.25, -0.2) is 0 Å². The van der Waals surface area contributed by atoms with E-state index in [0.29, 0.717) is 0 Å². The third-order valence-electron chi connectivity index (χ3n) is 5.31. The number of rotatable bonds is 18. The van der Waals surface area contributed by atoms with E-state index < -0.39 is 10.4 Å². The van der Waals surface area contributed by atoms with Crippen LogP contribution in [0.15, 0.2) is 17.1 Å². The summed E-state index contributed by atoms with van der Waals surface area (Å²) in [5.74, 6) is 1.23. The van der Waals surface area contributed by atoms with E-state index in [0.717, 1.165) is 26.1 Å². The zero-order chi connectivity index (χ0) is 23.2. The number of hydrogen-bond donors (Lipinski definition) is 5. The maximum atomic E-state index is 9.06. The SMILES string of the molecule is CCCCCCCCC=CCCCCCCCCC1=NCCN1CCO.N.N.O=S(=O)(O)O. The number of unbranched alkanes of at least 4 members (excludes halogenated alkanes) is 12. The van der Waals surface area contributed by atoms with Gasteiger partial charge in [-0.3, -0.25) is 14.1 Å². The molecule has 1 aliphatic heterocycles. The number of aliphatic hydroxyl groups is 1. The quantitative estimate of drug-likeness (QED) is 0.0897. The topological polar surface area (TPSA) is 180 Å². The smallest absolute Gasteiger partial charge is 0.394 e. The van der Waals surface area contributed by atoms with Crippen LogP contribution in [-0.4, -0.2) is 59.6 Å². The third kappa shape index (κ3) is 28.9. The van der Waals surface area contributed by atoms with Gasteiger partial charge in [0, 0.05) is 19.5 Å². The Hall–Kier alpha value is -1.04. The molecule has 0 spiro atoms. The fourth-order valence-corrected chi connectivity index (χ4v) is 3.66. The van der Waals surface area contributed by atoms with Crippen LogP contribution in [0.5, 0.6) is 0 Å². The molecule has 0 unspecified atom stereocenters. The fourth-order valence-electron chi connectivity index (χ4n) is 3.66. The molecule has 0 fully saturated rings. The first-order valence-corrected chi connectivity index (χ1v) is 13.5. The van der Waals surface area contributed by atoms with Gasteiger partial charge in [0.25, 0.3) is 0 Å². The number of amidine groups is 1. The van der Waals surface area contributed by atoms with Crippen LogP contribution >= 0.6 is 0 Å². The summed E-state index contributed by atoms with van der Waals surface area (Å²) in [7, 11) is -4.67. The Morgan fingerprint density at radius 1 is 0.848 bits per heavy atom. The number of allylic oxidation sites excluding steroid dienone is 2. The van der Waals surface area contributed by atoms with Crippen molar-refractivity contribution in [2.45, 2.75) is 103 Å². The maximum Gasteiger partial charge on any atom is 0.394 e. The van der Waals surface area contributed by atoms with Gasteiger partial charge in [0.2, 0.25) is 0 Å². The van der Waals surface area contributed by atoms with Crippen molar-refractivity contribution >= 4 is 16.2 Å². The predicted molar refractivity (Wildman–Crippen MR) is 139 cm³/mol. The van der Waals surface area contributed by atoms with E-state index in [4.69, 9.17) is 22.6 Å². The van der Waals surface area contributed by atoms with Crippen LogP contribution in [0.3, 0.4) is 0 Å². The first kappa shape index (κ1) is 36.5. The highest BCUT2D eigenvalue weighted by molar-refractivity contribution is 7.79. The van der Waals surface area contributed by atoms with Gasteiger partial charge in [-0.2, -0.15) is 8.42 Å². The average molecular weight is 497 g/mol. The maximum absolute atomic E-state index is 9.06. The van der Waals surface area contributed by atoms with Gasteiger partial charge in [-0.15, -0.1) is 0 Å². The number of hydrogen-bond acceptors (Lipinski definition) is 7. The van der Waals surface area contributed by atoms with Crippen molar-refractivity contribution < 1.29 is 22.6 Å². The molecule has 0 saturated heterocycles. The molecule has 200 valence electrons. The molecule has 0 amide bonds. The third-order valence-corrected chi connectivity index (χ3v) is 5.31. The van der Waals surface area contributed by atoms with Crippen molar-refractivity contribution in [2.75, 3.05) is 26.2 Å². The highest BCUT2D eigenvalue weighted by Gasteiger charge is 2.14. The van der Waals surface area contributed by atoms with E-state index in [1.54, 1.807) is 0 Å². The number of aliphatic imine (C=N–C) groups is 1. The summed E-state index contributed by atoms with van der Waals surface area (Å²) in [6.45, 7) is 5.20. The van der Waals surface area contributed by atoms with Crippen LogP contribution in [0.4, 0.5) is 0 Å². The lowest BCUT2D eigenvalue weighted by molar-refractivity contribution is 0.255. The normalized spacial score (nSPS) is 13.2. The Bertz CT molecular complexity index is 563. The first-order valence-electron chi connectivity index (χ1n) is 12.1. The molecule has 1 aliphatic rings. The van der Waals surface area contributed by atoms with Crippen molar-refractivity contribution in [3.05, 3.63) is 12.2 Å². The largest absolute Gasteiger partial charge is 0.395 e. The summed E-state index contributed by atoms with van der Waals surface area (Å²) in [6, 6.07) is 0. The number of nitrogens with zero attached hydrogens (tertiary/aromatic N) is 2. The minimum absolute atomic E-state index is 0. The molecule has 9 nitrogen and oxygen atoms in total. The second kappa shape index (κ2) is 25.6. The molecule has 0 aromatic rings. The minimum Gasteiger partial charge on any atom is -0.395 e. The van der Waals surface area contributed by atoms with Gasteiger partial charge < -0.3 is 22.3 Å². The monoisotopic (exact) mass is 496 g/mol. The molecule has 0 bridgehead atoms. The van der Waals surface area contributed by atoms with Crippen LogP contribution in [0.1, 0.15) is 103 Å². The molecule has 33 heavy (non-hydrogen) atoms. The van der Waals surface area contributed by atoms with Crippen molar-refractivity contribution in [1.82, 2.24) is 17.2 Å². The van der Waals surface area contributed by atoms with Gasteiger partial charge >= 0.3 is 10.4 Å². The molecule has 0 saturated carbocycles. The summed E-state index contributed by atoms with van der Waals surface area (Å²) < 4.78 is 31.6. The van der Waals surface area contributed by atoms with Crippen LogP contribution in [0.2, 0.25) is 0 Å². The van der Waals surface area contributed by atoms with E-state index in [-0.39, 0.29) is 18.9 Å². The lowest BCUT2D eigenvalue weighted by Crippen LogP contribution is -2.30. The lowest BCUT2D eigenvalue weighted by atomic mass is 10.1. The number of aliphatic hydroxyl groups excluding tert-OH is 1. The Labute approximate surface area is 202 Å². The van der Waals surface area contributed by atoms with Gasteiger partial charge in [-0.05, 0) is 32.1 Å². The van der Waals surface area contributed by atoms with Crippen LogP contribution in [-0.2, 0) is 10.4 Å². The molecule has 0 radical (unpaired) electrons. The standard InChI is InChI=1S/C23H44N2O.2H3N.H2O4S/c1-2-3-4-5-6-7-8-9-10-11-12-13-14-15-16-17-18-23-24-19-20-25(23)21-22-26;;;1-5(2,3)4/h9-10,26H,2-8,11-22H2,1H3;2*1H3;(H2,1,2,3,4). The highest BCUT2D eigenvalue weighted by atomic mass is 32.3. The van der Waals surface area contributed by atoms with E-state index in [1.165, 1.54) is 95.7 Å². The van der Waals surface area contributed by atoms with Crippen molar-refractivity contribution in [1.29, 1.82) is 0 Å². The van der Waals surface area contributed by atoms with Crippen LogP contribution in [0, 0.1) is 0 Å². The predicted octanol–water partition coefficient (Wildman–Crippen LogP) is 5.79. The van der Waals surface area contributed by atoms with Crippen LogP contribution < -0.4 is 12.3 Å². The summed E-state index contributed by atoms with van der Waals surface area (Å²) >= 11 is 0. The molecule has 1 heterocycles. The Morgan fingerprint density at radius 2 is 1.30 bits per heavy atom. The van der Waals surface area contributed by atoms with Crippen molar-refractivity contribution in [3.8, 4) is 0 Å². The van der Waals surface area contributed by atoms with Crippen molar-refractivity contribution in [3.63, 3.8) is 0 Å². The molecular weight excluding hydrogens is 444 g/mol. The Morgan fingerprint density at radius 3 is 1.79 bits per heavy atom. The lowest BCUT2D eigenvalue weighted by Gasteiger charge is -2.18. The molecule has 0 aromatic heterocycles. The molecule has 9 N–H and O–H groups in total. The minimum atomic E-state index is -4.67. The van der Waals surface area contributed by atoms with E-state index in [1.807, 2.05) is 0 Å². The van der Waals surface area contributed by atoms with Gasteiger partial charge in [0.1, 0.15) is 0 Å². The zero-order valence-corrected chi connectivity index (χ0v) is 21.8. The second-order valence-corrected chi connectivity index (χ2v) is 9.04. The van der Waals surface area contributed by atoms with E-state index in [9.17, 15) is 0 Å². The zero-order valence-electron chi connectivity index (χ0n) is 21.0. The summed E-state index contributed by atoms with van der Waals surface area (Å²) in [5, 5.41) is 9.06. The Kier molecular flexibility index (Phi) is 28.3. The van der Waals surface area contributed by atoms with Crippen LogP contribution in [0.25, 0.3) is 0 Å². The van der Waals surface area contributed by atoms with Crippen molar-refractivity contribution in [2.24, 2.45) is 4.99 Å².